The second kappa shape index (κ2) is 3.71. The van der Waals surface area contributed by atoms with Gasteiger partial charge < -0.3 is 5.73 Å². The maximum atomic E-state index is 5.85. The minimum Gasteiger partial charge on any atom is -0.366 e. The largest absolute Gasteiger partial charge is 0.366 e. The van der Waals surface area contributed by atoms with Gasteiger partial charge >= 0.3 is 0 Å². The molecule has 0 fully saturated rings. The molecule has 0 saturated carbocycles. The fraction of sp³-hybridized carbons (Fsp3) is 0. The summed E-state index contributed by atoms with van der Waals surface area (Å²) in [5, 5.41) is 4.78. The molecular formula is C11H8ClN5. The highest BCUT2D eigenvalue weighted by atomic mass is 35.5. The highest BCUT2D eigenvalue weighted by Gasteiger charge is 2.08. The first kappa shape index (κ1) is 10.0. The smallest absolute Gasteiger partial charge is 0.240 e. The van der Waals surface area contributed by atoms with E-state index in [1.165, 1.54) is 0 Å². The Bertz CT molecular complexity index is 674. The molecule has 6 heteroatoms. The Morgan fingerprint density at radius 2 is 1.88 bits per heavy atom. The Morgan fingerprint density at radius 1 is 1.12 bits per heavy atom. The van der Waals surface area contributed by atoms with E-state index in [1.807, 2.05) is 12.1 Å². The average molecular weight is 246 g/mol. The molecule has 17 heavy (non-hydrogen) atoms. The molecule has 0 aliphatic rings. The van der Waals surface area contributed by atoms with Crippen LogP contribution in [0.4, 0.5) is 5.95 Å². The normalized spacial score (nSPS) is 10.9. The van der Waals surface area contributed by atoms with E-state index in [0.717, 1.165) is 5.56 Å². The van der Waals surface area contributed by atoms with Gasteiger partial charge in [-0.2, -0.15) is 9.50 Å². The van der Waals surface area contributed by atoms with Crippen LogP contribution in [0.5, 0.6) is 0 Å². The monoisotopic (exact) mass is 245 g/mol. The lowest BCUT2D eigenvalue weighted by Crippen LogP contribution is -1.97. The summed E-state index contributed by atoms with van der Waals surface area (Å²) in [7, 11) is 0. The van der Waals surface area contributed by atoms with E-state index in [1.54, 1.807) is 28.9 Å². The number of nitrogens with two attached hydrogens (primary N) is 1. The Hall–Kier alpha value is -2.14. The van der Waals surface area contributed by atoms with E-state index in [0.29, 0.717) is 16.5 Å². The fourth-order valence-electron chi connectivity index (χ4n) is 1.63. The van der Waals surface area contributed by atoms with E-state index < -0.39 is 0 Å². The number of rotatable bonds is 1. The first-order chi connectivity index (χ1) is 8.24. The summed E-state index contributed by atoms with van der Waals surface area (Å²) in [6.07, 6.45) is 1.67. The minimum atomic E-state index is 0.230. The number of hydrogen-bond donors (Lipinski definition) is 1. The van der Waals surface area contributed by atoms with Gasteiger partial charge in [0.2, 0.25) is 5.95 Å². The van der Waals surface area contributed by atoms with Crippen LogP contribution in [0.3, 0.4) is 0 Å². The standard InChI is InChI=1S/C11H8ClN5/c12-8-3-1-7(2-4-8)10-14-6-5-9-15-11(13)16-17(9)10/h1-6H,(H2,13,16). The van der Waals surface area contributed by atoms with E-state index >= 15 is 0 Å². The van der Waals surface area contributed by atoms with Crippen molar-refractivity contribution < 1.29 is 0 Å². The zero-order valence-electron chi connectivity index (χ0n) is 8.71. The number of halogens is 1. The van der Waals surface area contributed by atoms with Gasteiger partial charge in [-0.25, -0.2) is 4.98 Å². The van der Waals surface area contributed by atoms with Crippen LogP contribution in [-0.4, -0.2) is 19.6 Å². The number of aromatic nitrogens is 4. The molecule has 0 amide bonds. The van der Waals surface area contributed by atoms with Crippen LogP contribution < -0.4 is 5.73 Å². The molecule has 3 aromatic rings. The van der Waals surface area contributed by atoms with Crippen molar-refractivity contribution >= 4 is 23.2 Å². The number of benzene rings is 1. The highest BCUT2D eigenvalue weighted by molar-refractivity contribution is 6.30. The highest BCUT2D eigenvalue weighted by Crippen LogP contribution is 2.20. The summed E-state index contributed by atoms with van der Waals surface area (Å²) in [5.41, 5.74) is 7.15. The maximum absolute atomic E-state index is 5.85. The third-order valence-corrected chi connectivity index (χ3v) is 2.62. The molecule has 84 valence electrons. The number of hydrogen-bond acceptors (Lipinski definition) is 4. The third-order valence-electron chi connectivity index (χ3n) is 2.37. The van der Waals surface area contributed by atoms with E-state index in [2.05, 4.69) is 15.1 Å². The van der Waals surface area contributed by atoms with Gasteiger partial charge in [0.25, 0.3) is 0 Å². The second-order valence-electron chi connectivity index (χ2n) is 3.52. The lowest BCUT2D eigenvalue weighted by Gasteiger charge is -2.02. The molecule has 2 N–H and O–H groups in total. The Labute approximate surface area is 102 Å². The van der Waals surface area contributed by atoms with Crippen molar-refractivity contribution in [3.63, 3.8) is 0 Å². The first-order valence-electron chi connectivity index (χ1n) is 4.97. The maximum Gasteiger partial charge on any atom is 0.240 e. The van der Waals surface area contributed by atoms with Gasteiger partial charge in [0.05, 0.1) is 0 Å². The number of nitrogens with zero attached hydrogens (tertiary/aromatic N) is 4. The SMILES string of the molecule is Nc1nc2ccnc(-c3ccc(Cl)cc3)n2n1. The molecule has 0 aliphatic heterocycles. The zero-order valence-corrected chi connectivity index (χ0v) is 9.46. The first-order valence-corrected chi connectivity index (χ1v) is 5.35. The van der Waals surface area contributed by atoms with Crippen molar-refractivity contribution in [1.82, 2.24) is 19.6 Å². The summed E-state index contributed by atoms with van der Waals surface area (Å²) >= 11 is 5.85. The van der Waals surface area contributed by atoms with Crippen molar-refractivity contribution in [2.75, 3.05) is 5.73 Å². The molecule has 3 rings (SSSR count). The van der Waals surface area contributed by atoms with Crippen LogP contribution >= 0.6 is 11.6 Å². The Kier molecular flexibility index (Phi) is 2.19. The molecular weight excluding hydrogens is 238 g/mol. The van der Waals surface area contributed by atoms with Crippen LogP contribution in [0.25, 0.3) is 17.0 Å². The topological polar surface area (TPSA) is 69.1 Å². The Balaban J connectivity index is 2.26. The van der Waals surface area contributed by atoms with E-state index in [-0.39, 0.29) is 5.95 Å². The van der Waals surface area contributed by atoms with Crippen molar-refractivity contribution in [3.8, 4) is 11.4 Å². The second-order valence-corrected chi connectivity index (χ2v) is 3.95. The van der Waals surface area contributed by atoms with Gasteiger partial charge in [0.15, 0.2) is 11.5 Å². The molecule has 2 aromatic heterocycles. The van der Waals surface area contributed by atoms with E-state index in [4.69, 9.17) is 17.3 Å². The molecule has 0 saturated heterocycles. The van der Waals surface area contributed by atoms with Crippen LogP contribution in [0, 0.1) is 0 Å². The zero-order chi connectivity index (χ0) is 11.8. The van der Waals surface area contributed by atoms with Gasteiger partial charge in [-0.15, -0.1) is 5.10 Å². The van der Waals surface area contributed by atoms with Crippen LogP contribution in [0.1, 0.15) is 0 Å². The fourth-order valence-corrected chi connectivity index (χ4v) is 1.76. The van der Waals surface area contributed by atoms with Gasteiger partial charge in [0.1, 0.15) is 0 Å². The lowest BCUT2D eigenvalue weighted by atomic mass is 10.2. The number of anilines is 1. The summed E-state index contributed by atoms with van der Waals surface area (Å²) in [5.74, 6) is 0.914. The molecule has 0 aliphatic carbocycles. The lowest BCUT2D eigenvalue weighted by molar-refractivity contribution is 0.939. The third kappa shape index (κ3) is 1.70. The molecule has 2 heterocycles. The molecule has 0 bridgehead atoms. The molecule has 5 nitrogen and oxygen atoms in total. The predicted molar refractivity (Wildman–Crippen MR) is 65.6 cm³/mol. The van der Waals surface area contributed by atoms with Gasteiger partial charge in [-0.05, 0) is 24.3 Å². The van der Waals surface area contributed by atoms with Gasteiger partial charge in [-0.1, -0.05) is 11.6 Å². The predicted octanol–water partition coefficient (Wildman–Crippen LogP) is 2.03. The molecule has 1 aromatic carbocycles. The number of nitrogen functional groups attached to an aromatic ring is 1. The molecule has 0 radical (unpaired) electrons. The quantitative estimate of drug-likeness (QED) is 0.712. The summed E-state index contributed by atoms with van der Waals surface area (Å²) in [6, 6.07) is 9.11. The van der Waals surface area contributed by atoms with Crippen molar-refractivity contribution in [1.29, 1.82) is 0 Å². The van der Waals surface area contributed by atoms with Crippen LogP contribution in [-0.2, 0) is 0 Å². The van der Waals surface area contributed by atoms with Crippen molar-refractivity contribution in [2.24, 2.45) is 0 Å². The van der Waals surface area contributed by atoms with Gasteiger partial charge in [-0.3, -0.25) is 0 Å². The van der Waals surface area contributed by atoms with Crippen molar-refractivity contribution in [2.45, 2.75) is 0 Å². The summed E-state index contributed by atoms with van der Waals surface area (Å²) < 4.78 is 1.61. The van der Waals surface area contributed by atoms with Gasteiger partial charge in [0, 0.05) is 22.8 Å². The minimum absolute atomic E-state index is 0.230. The van der Waals surface area contributed by atoms with Crippen LogP contribution in [0.2, 0.25) is 5.02 Å². The van der Waals surface area contributed by atoms with E-state index in [9.17, 15) is 0 Å². The summed E-state index contributed by atoms with van der Waals surface area (Å²) in [6.45, 7) is 0. The average Bonchev–Trinajstić information content (AvgIpc) is 2.70. The number of fused-ring (bicyclic) bond motifs is 1. The van der Waals surface area contributed by atoms with Crippen molar-refractivity contribution in [3.05, 3.63) is 41.6 Å². The molecule has 0 unspecified atom stereocenters. The summed E-state index contributed by atoms with van der Waals surface area (Å²) in [4.78, 5) is 8.36. The Morgan fingerprint density at radius 3 is 2.65 bits per heavy atom. The molecule has 0 spiro atoms. The van der Waals surface area contributed by atoms with Crippen LogP contribution in [0.15, 0.2) is 36.5 Å². The molecule has 0 atom stereocenters.